The zero-order valence-electron chi connectivity index (χ0n) is 15.7. The first-order valence-corrected chi connectivity index (χ1v) is 9.56. The van der Waals surface area contributed by atoms with E-state index < -0.39 is 0 Å². The van der Waals surface area contributed by atoms with E-state index in [1.807, 2.05) is 42.5 Å². The van der Waals surface area contributed by atoms with Crippen molar-refractivity contribution in [3.63, 3.8) is 0 Å². The highest BCUT2D eigenvalue weighted by molar-refractivity contribution is 6.34. The Kier molecular flexibility index (Phi) is 6.68. The molecule has 1 aliphatic carbocycles. The number of nitrogens with one attached hydrogen (secondary N) is 5. The molecule has 6 nitrogen and oxygen atoms in total. The molecule has 2 aromatic carbocycles. The van der Waals surface area contributed by atoms with Crippen LogP contribution in [0.5, 0.6) is 0 Å². The molecule has 0 radical (unpaired) electrons. The summed E-state index contributed by atoms with van der Waals surface area (Å²) in [6.07, 6.45) is 3.64. The highest BCUT2D eigenvalue weighted by Gasteiger charge is 2.29. The molecule has 2 aromatic rings. The summed E-state index contributed by atoms with van der Waals surface area (Å²) >= 11 is 6.18. The van der Waals surface area contributed by atoms with Crippen molar-refractivity contribution in [2.75, 3.05) is 12.4 Å². The lowest BCUT2D eigenvalue weighted by Crippen LogP contribution is -2.35. The maximum Gasteiger partial charge on any atom is 0.227 e. The molecule has 0 heterocycles. The minimum absolute atomic E-state index is 0.0933. The Bertz CT molecular complexity index is 892. The van der Waals surface area contributed by atoms with Crippen molar-refractivity contribution < 1.29 is 4.79 Å². The first-order chi connectivity index (χ1) is 13.6. The molecule has 0 saturated heterocycles. The van der Waals surface area contributed by atoms with Gasteiger partial charge in [-0.1, -0.05) is 41.9 Å². The van der Waals surface area contributed by atoms with E-state index in [1.165, 1.54) is 0 Å². The van der Waals surface area contributed by atoms with Gasteiger partial charge in [0.25, 0.3) is 0 Å². The highest BCUT2D eigenvalue weighted by Crippen LogP contribution is 2.30. The van der Waals surface area contributed by atoms with E-state index in [9.17, 15) is 4.79 Å². The van der Waals surface area contributed by atoms with E-state index in [0.29, 0.717) is 28.7 Å². The molecule has 0 unspecified atom stereocenters. The van der Waals surface area contributed by atoms with Gasteiger partial charge in [0, 0.05) is 41.9 Å². The van der Waals surface area contributed by atoms with Gasteiger partial charge in [0.2, 0.25) is 5.91 Å². The third kappa shape index (κ3) is 5.58. The van der Waals surface area contributed by atoms with Gasteiger partial charge in [0.05, 0.1) is 5.71 Å². The summed E-state index contributed by atoms with van der Waals surface area (Å²) in [4.78, 5) is 11.9. The third-order valence-corrected chi connectivity index (χ3v) is 4.67. The topological polar surface area (TPSA) is 89.0 Å². The number of amides is 1. The molecule has 7 heteroatoms. The molecular formula is C21H24ClN5O. The molecule has 1 aliphatic rings. The largest absolute Gasteiger partial charge is 0.367 e. The average molecular weight is 398 g/mol. The summed E-state index contributed by atoms with van der Waals surface area (Å²) < 4.78 is 0. The monoisotopic (exact) mass is 397 g/mol. The zero-order valence-corrected chi connectivity index (χ0v) is 16.4. The van der Waals surface area contributed by atoms with E-state index in [0.717, 1.165) is 24.1 Å². The second-order valence-corrected chi connectivity index (χ2v) is 7.05. The van der Waals surface area contributed by atoms with Crippen LogP contribution >= 0.6 is 11.6 Å². The Morgan fingerprint density at radius 3 is 2.71 bits per heavy atom. The molecule has 28 heavy (non-hydrogen) atoms. The van der Waals surface area contributed by atoms with Gasteiger partial charge in [-0.3, -0.25) is 4.79 Å². The van der Waals surface area contributed by atoms with E-state index in [2.05, 4.69) is 21.5 Å². The molecule has 0 aromatic heterocycles. The fourth-order valence-electron chi connectivity index (χ4n) is 2.71. The molecule has 146 valence electrons. The molecule has 5 N–H and O–H groups in total. The first kappa shape index (κ1) is 19.9. The van der Waals surface area contributed by atoms with Crippen LogP contribution in [0.25, 0.3) is 0 Å². The Morgan fingerprint density at radius 2 is 2.00 bits per heavy atom. The quantitative estimate of drug-likeness (QED) is 0.331. The van der Waals surface area contributed by atoms with Gasteiger partial charge in [-0.2, -0.15) is 0 Å². The van der Waals surface area contributed by atoms with E-state index >= 15 is 0 Å². The SMILES string of the molecule is CNN/C(=C\C(=N)c1ccccc1Cl)NCc1cccc(NC(=O)C2CC2)c1. The smallest absolute Gasteiger partial charge is 0.227 e. The van der Waals surface area contributed by atoms with Gasteiger partial charge < -0.3 is 21.5 Å². The number of rotatable bonds is 9. The number of carbonyl (C=O) groups is 1. The molecule has 0 bridgehead atoms. The van der Waals surface area contributed by atoms with Gasteiger partial charge in [0.15, 0.2) is 0 Å². The van der Waals surface area contributed by atoms with Crippen LogP contribution in [0.15, 0.2) is 60.4 Å². The lowest BCUT2D eigenvalue weighted by Gasteiger charge is -2.14. The summed E-state index contributed by atoms with van der Waals surface area (Å²) in [7, 11) is 1.75. The van der Waals surface area contributed by atoms with Crippen molar-refractivity contribution in [1.82, 2.24) is 16.2 Å². The molecule has 0 atom stereocenters. The normalized spacial score (nSPS) is 13.7. The summed E-state index contributed by atoms with van der Waals surface area (Å²) in [6.45, 7) is 0.531. The van der Waals surface area contributed by atoms with Crippen LogP contribution in [0.1, 0.15) is 24.0 Å². The van der Waals surface area contributed by atoms with Gasteiger partial charge in [-0.05, 0) is 36.6 Å². The fraction of sp³-hybridized carbons (Fsp3) is 0.238. The number of anilines is 1. The van der Waals surface area contributed by atoms with Crippen LogP contribution in [0, 0.1) is 11.3 Å². The molecule has 1 amide bonds. The molecular weight excluding hydrogens is 374 g/mol. The first-order valence-electron chi connectivity index (χ1n) is 9.18. The lowest BCUT2D eigenvalue weighted by molar-refractivity contribution is -0.117. The Hall–Kier alpha value is -2.83. The Balaban J connectivity index is 1.65. The van der Waals surface area contributed by atoms with Crippen LogP contribution in [-0.2, 0) is 11.3 Å². The van der Waals surface area contributed by atoms with Crippen LogP contribution in [0.2, 0.25) is 5.02 Å². The maximum absolute atomic E-state index is 11.9. The molecule has 0 spiro atoms. The number of hydrogen-bond donors (Lipinski definition) is 5. The van der Waals surface area contributed by atoms with Gasteiger partial charge >= 0.3 is 0 Å². The second-order valence-electron chi connectivity index (χ2n) is 6.64. The predicted molar refractivity (Wildman–Crippen MR) is 113 cm³/mol. The van der Waals surface area contributed by atoms with Crippen molar-refractivity contribution >= 4 is 28.9 Å². The summed E-state index contributed by atoms with van der Waals surface area (Å²) in [5.41, 5.74) is 8.62. The number of allylic oxidation sites excluding steroid dienone is 1. The van der Waals surface area contributed by atoms with Gasteiger partial charge in [0.1, 0.15) is 5.82 Å². The van der Waals surface area contributed by atoms with E-state index in [-0.39, 0.29) is 11.8 Å². The number of benzene rings is 2. The van der Waals surface area contributed by atoms with E-state index in [1.54, 1.807) is 19.2 Å². The number of halogens is 1. The van der Waals surface area contributed by atoms with Crippen LogP contribution in [-0.4, -0.2) is 18.7 Å². The minimum atomic E-state index is 0.0933. The number of hydrazine groups is 1. The predicted octanol–water partition coefficient (Wildman–Crippen LogP) is 3.41. The number of carbonyl (C=O) groups excluding carboxylic acids is 1. The third-order valence-electron chi connectivity index (χ3n) is 4.34. The van der Waals surface area contributed by atoms with E-state index in [4.69, 9.17) is 17.0 Å². The van der Waals surface area contributed by atoms with Gasteiger partial charge in [-0.15, -0.1) is 0 Å². The van der Waals surface area contributed by atoms with Crippen molar-refractivity contribution in [1.29, 1.82) is 5.41 Å². The Morgan fingerprint density at radius 1 is 1.21 bits per heavy atom. The second kappa shape index (κ2) is 9.39. The number of hydrogen-bond acceptors (Lipinski definition) is 5. The summed E-state index contributed by atoms with van der Waals surface area (Å²) in [6, 6.07) is 15.0. The average Bonchev–Trinajstić information content (AvgIpc) is 3.52. The van der Waals surface area contributed by atoms with Crippen molar-refractivity contribution in [2.45, 2.75) is 19.4 Å². The van der Waals surface area contributed by atoms with Crippen LogP contribution < -0.4 is 21.5 Å². The lowest BCUT2D eigenvalue weighted by atomic mass is 10.1. The van der Waals surface area contributed by atoms with Crippen molar-refractivity contribution in [3.8, 4) is 0 Å². The summed E-state index contributed by atoms with van der Waals surface area (Å²) in [5, 5.41) is 15.1. The fourth-order valence-corrected chi connectivity index (χ4v) is 2.95. The minimum Gasteiger partial charge on any atom is -0.367 e. The zero-order chi connectivity index (χ0) is 19.9. The molecule has 1 fully saturated rings. The maximum atomic E-state index is 11.9. The van der Waals surface area contributed by atoms with Crippen LogP contribution in [0.4, 0.5) is 5.69 Å². The van der Waals surface area contributed by atoms with Crippen molar-refractivity contribution in [2.24, 2.45) is 5.92 Å². The molecule has 3 rings (SSSR count). The Labute approximate surface area is 169 Å². The standard InChI is InChI=1S/C21H24ClN5O/c1-24-27-20(12-19(23)17-7-2-3-8-18(17)22)25-13-14-5-4-6-16(11-14)26-21(28)15-9-10-15/h2-8,11-12,15,23-25,27H,9-10,13H2,1H3,(H,26,28)/b20-12-,23-19?. The summed E-state index contributed by atoms with van der Waals surface area (Å²) in [5.74, 6) is 0.905. The van der Waals surface area contributed by atoms with Crippen LogP contribution in [0.3, 0.4) is 0 Å². The molecule has 0 aliphatic heterocycles. The highest BCUT2D eigenvalue weighted by atomic mass is 35.5. The molecule has 1 saturated carbocycles. The van der Waals surface area contributed by atoms with Crippen molar-refractivity contribution in [3.05, 3.63) is 76.6 Å². The van der Waals surface area contributed by atoms with Gasteiger partial charge in [-0.25, -0.2) is 5.43 Å².